The van der Waals surface area contributed by atoms with Gasteiger partial charge in [0, 0.05) is 88.7 Å². The van der Waals surface area contributed by atoms with Crippen LogP contribution in [-0.2, 0) is 0 Å². The molecule has 0 spiro atoms. The predicted molar refractivity (Wildman–Crippen MR) is 20.9 cm³/mol. The van der Waals surface area contributed by atoms with Crippen LogP contribution in [0.5, 0.6) is 0 Å². The van der Waals surface area contributed by atoms with Gasteiger partial charge in [-0.15, -0.1) is 0 Å². The Morgan fingerprint density at radius 2 is 0.500 bits per heavy atom. The second kappa shape index (κ2) is 16.7. The van der Waals surface area contributed by atoms with E-state index in [9.17, 15) is 0 Å². The molecule has 0 fully saturated rings. The van der Waals surface area contributed by atoms with Crippen molar-refractivity contribution in [2.75, 3.05) is 0 Å². The van der Waals surface area contributed by atoms with Crippen molar-refractivity contribution in [3.05, 3.63) is 0 Å². The molecule has 0 aromatic heterocycles. The quantitative estimate of drug-likeness (QED) is 0.307. The molecule has 0 amide bonds. The summed E-state index contributed by atoms with van der Waals surface area (Å²) in [7, 11) is 0. The number of hydrogen-bond acceptors (Lipinski definition) is 0. The fourth-order valence-corrected chi connectivity index (χ4v) is 0. The second-order valence-electron chi connectivity index (χ2n) is 0. The third-order valence-corrected chi connectivity index (χ3v) is 0. The van der Waals surface area contributed by atoms with E-state index in [0.29, 0.717) is 0 Å². The van der Waals surface area contributed by atoms with E-state index in [4.69, 9.17) is 0 Å². The zero-order valence-corrected chi connectivity index (χ0v) is 9.50. The van der Waals surface area contributed by atoms with E-state index in [1.165, 1.54) is 0 Å². The smallest absolute Gasteiger partial charge is 0 e. The first-order valence-corrected chi connectivity index (χ1v) is 0. The van der Waals surface area contributed by atoms with Gasteiger partial charge in [0.05, 0.1) is 0 Å². The van der Waals surface area contributed by atoms with Crippen LogP contribution < -0.4 is 0 Å². The summed E-state index contributed by atoms with van der Waals surface area (Å²) in [5, 5.41) is 0. The molecular weight excluding hydrogens is 85.0 g/mol. The Kier molecular flexibility index (Phi) is 118. The topological polar surface area (TPSA) is 31.5 Å². The average molecular weight is 87.0 g/mol. The monoisotopic (exact) mass is 87.0 g/mol. The van der Waals surface area contributed by atoms with Crippen molar-refractivity contribution in [2.24, 2.45) is 0 Å². The molecule has 2 N–H and O–H groups in total. The van der Waals surface area contributed by atoms with Gasteiger partial charge in [0.15, 0.2) is 0 Å². The van der Waals surface area contributed by atoms with E-state index in [-0.39, 0.29) is 94.1 Å². The minimum Gasteiger partial charge on any atom is -0.412 e. The van der Waals surface area contributed by atoms with Crippen LogP contribution in [0.4, 0.5) is 0 Å². The molecule has 0 aromatic rings. The Labute approximate surface area is 92.1 Å². The Morgan fingerprint density at radius 1 is 0.500 bits per heavy atom. The van der Waals surface area contributed by atoms with E-state index in [1.807, 2.05) is 0 Å². The molecule has 0 heterocycles. The van der Waals surface area contributed by atoms with Gasteiger partial charge in [-0.25, -0.2) is 0 Å². The fourth-order valence-electron chi connectivity index (χ4n) is 0. The van der Waals surface area contributed by atoms with Crippen LogP contribution in [0.15, 0.2) is 0 Å². The molecule has 0 unspecified atom stereocenters. The molecule has 4 heteroatoms. The summed E-state index contributed by atoms with van der Waals surface area (Å²) in [5.74, 6) is 0. The average Bonchev–Trinajstić information content (AvgIpc) is 0. The van der Waals surface area contributed by atoms with Crippen molar-refractivity contribution in [3.63, 3.8) is 0 Å². The van der Waals surface area contributed by atoms with E-state index >= 15 is 0 Å². The van der Waals surface area contributed by atoms with E-state index < -0.39 is 0 Å². The minimum atomic E-state index is 0. The molecule has 0 aliphatic heterocycles. The van der Waals surface area contributed by atoms with Crippen molar-refractivity contribution >= 4 is 88.7 Å². The van der Waals surface area contributed by atoms with Crippen molar-refractivity contribution in [3.8, 4) is 0 Å². The molecule has 0 bridgehead atoms. The first kappa shape index (κ1) is 28.2. The maximum atomic E-state index is 0. The van der Waals surface area contributed by atoms with Crippen LogP contribution in [0.2, 0.25) is 0 Å². The first-order valence-electron chi connectivity index (χ1n) is 0. The van der Waals surface area contributed by atoms with Crippen LogP contribution in [0.25, 0.3) is 0 Å². The summed E-state index contributed by atoms with van der Waals surface area (Å²) in [6, 6.07) is 0. The van der Waals surface area contributed by atoms with Crippen LogP contribution in [-0.4, -0.2) is 94.1 Å². The number of rotatable bonds is 0. The third kappa shape index (κ3) is 8.88. The predicted octanol–water partition coefficient (Wildman–Crippen LogP) is -1.97. The number of hydrogen-bond donors (Lipinski definition) is 0. The molecule has 3 radical (unpaired) electrons. The van der Waals surface area contributed by atoms with Crippen molar-refractivity contribution in [1.29, 1.82) is 0 Å². The largest absolute Gasteiger partial charge is 0.412 e. The van der Waals surface area contributed by atoms with Crippen molar-refractivity contribution in [1.82, 2.24) is 0 Å². The van der Waals surface area contributed by atoms with Gasteiger partial charge < -0.3 is 5.48 Å². The van der Waals surface area contributed by atoms with Gasteiger partial charge in [0.2, 0.25) is 0 Å². The van der Waals surface area contributed by atoms with E-state index in [1.54, 1.807) is 0 Å². The summed E-state index contributed by atoms with van der Waals surface area (Å²) in [4.78, 5) is 0. The van der Waals surface area contributed by atoms with Gasteiger partial charge in [-0.05, 0) is 0 Å². The van der Waals surface area contributed by atoms with Gasteiger partial charge in [0.25, 0.3) is 0 Å². The molecule has 0 rings (SSSR count). The Hall–Kier alpha value is 2.96. The fraction of sp³-hybridized carbons (Fsp3) is 0. The molecule has 0 saturated heterocycles. The standard InChI is InChI=1S/3Na.H2O/h;;;1H2. The van der Waals surface area contributed by atoms with Gasteiger partial charge >= 0.3 is 0 Å². The summed E-state index contributed by atoms with van der Waals surface area (Å²) in [6.07, 6.45) is 0. The van der Waals surface area contributed by atoms with Gasteiger partial charge in [-0.3, -0.25) is 0 Å². The first-order chi connectivity index (χ1) is 0. The van der Waals surface area contributed by atoms with Crippen LogP contribution in [0.3, 0.4) is 0 Å². The van der Waals surface area contributed by atoms with Gasteiger partial charge in [-0.1, -0.05) is 0 Å². The summed E-state index contributed by atoms with van der Waals surface area (Å²) in [6.45, 7) is 0. The molecule has 0 aliphatic rings. The maximum Gasteiger partial charge on any atom is 0 e. The molecule has 0 aromatic carbocycles. The third-order valence-electron chi connectivity index (χ3n) is 0. The molecule has 0 saturated carbocycles. The Morgan fingerprint density at radius 3 is 0.500 bits per heavy atom. The molecular formula is H2Na3O. The SMILES string of the molecule is O.[Na].[Na].[Na]. The summed E-state index contributed by atoms with van der Waals surface area (Å²) in [5.41, 5.74) is 0. The van der Waals surface area contributed by atoms with Gasteiger partial charge in [0.1, 0.15) is 0 Å². The molecule has 11 valence electrons. The minimum absolute atomic E-state index is 0. The second-order valence-corrected chi connectivity index (χ2v) is 0. The van der Waals surface area contributed by atoms with Crippen molar-refractivity contribution < 1.29 is 5.48 Å². The van der Waals surface area contributed by atoms with E-state index in [0.717, 1.165) is 0 Å². The van der Waals surface area contributed by atoms with Crippen LogP contribution >= 0.6 is 0 Å². The van der Waals surface area contributed by atoms with Crippen LogP contribution in [0, 0.1) is 0 Å². The van der Waals surface area contributed by atoms with Crippen LogP contribution in [0.1, 0.15) is 0 Å². The summed E-state index contributed by atoms with van der Waals surface area (Å²) < 4.78 is 0. The van der Waals surface area contributed by atoms with Gasteiger partial charge in [-0.2, -0.15) is 0 Å². The zero-order chi connectivity index (χ0) is 0. The normalized spacial score (nSPS) is 0. The zero-order valence-electron chi connectivity index (χ0n) is 3.50. The molecule has 0 atom stereocenters. The maximum absolute atomic E-state index is 0. The van der Waals surface area contributed by atoms with Crippen molar-refractivity contribution in [2.45, 2.75) is 0 Å². The molecule has 4 heavy (non-hydrogen) atoms. The Bertz CT molecular complexity index is 3.25. The van der Waals surface area contributed by atoms with E-state index in [2.05, 4.69) is 0 Å². The molecule has 1 nitrogen and oxygen atoms in total. The summed E-state index contributed by atoms with van der Waals surface area (Å²) >= 11 is 0. The molecule has 0 aliphatic carbocycles. The Balaban J connectivity index is 0.